The van der Waals surface area contributed by atoms with E-state index in [0.717, 1.165) is 11.3 Å². The molecule has 124 valence electrons. The fourth-order valence-corrected chi connectivity index (χ4v) is 4.03. The number of anilines is 1. The van der Waals surface area contributed by atoms with Crippen molar-refractivity contribution >= 4 is 18.9 Å². The maximum Gasteiger partial charge on any atom is 0.323 e. The summed E-state index contributed by atoms with van der Waals surface area (Å²) in [6.45, 7) is 6.93. The van der Waals surface area contributed by atoms with Crippen molar-refractivity contribution in [1.29, 1.82) is 0 Å². The molecule has 0 aromatic heterocycles. The summed E-state index contributed by atoms with van der Waals surface area (Å²) in [6.07, 6.45) is 0.221. The Morgan fingerprint density at radius 2 is 1.95 bits per heavy atom. The minimum Gasteiger partial charge on any atom is -0.462 e. The Labute approximate surface area is 133 Å². The van der Waals surface area contributed by atoms with Crippen LogP contribution >= 0.6 is 7.29 Å². The van der Waals surface area contributed by atoms with Gasteiger partial charge < -0.3 is 14.2 Å². The summed E-state index contributed by atoms with van der Waals surface area (Å²) < 4.78 is 17.9. The minimum absolute atomic E-state index is 0.176. The van der Waals surface area contributed by atoms with Crippen molar-refractivity contribution in [3.63, 3.8) is 0 Å². The van der Waals surface area contributed by atoms with Crippen molar-refractivity contribution in [2.24, 2.45) is 0 Å². The largest absolute Gasteiger partial charge is 0.462 e. The van der Waals surface area contributed by atoms with Gasteiger partial charge in [-0.05, 0) is 38.5 Å². The summed E-state index contributed by atoms with van der Waals surface area (Å²) in [6, 6.07) is 7.31. The van der Waals surface area contributed by atoms with E-state index >= 15 is 0 Å². The Bertz CT molecular complexity index is 558. The molecule has 2 atom stereocenters. The van der Waals surface area contributed by atoms with Crippen LogP contribution < -0.4 is 9.99 Å². The van der Waals surface area contributed by atoms with Crippen molar-refractivity contribution < 1.29 is 14.1 Å². The van der Waals surface area contributed by atoms with Crippen LogP contribution in [0.2, 0.25) is 0 Å². The van der Waals surface area contributed by atoms with Crippen LogP contribution in [0.15, 0.2) is 24.3 Å². The Morgan fingerprint density at radius 3 is 2.50 bits per heavy atom. The van der Waals surface area contributed by atoms with Crippen LogP contribution in [0.3, 0.4) is 0 Å². The molecule has 0 saturated heterocycles. The smallest absolute Gasteiger partial charge is 0.323 e. The second-order valence-corrected chi connectivity index (χ2v) is 8.94. The van der Waals surface area contributed by atoms with Gasteiger partial charge in [-0.2, -0.15) is 0 Å². The number of esters is 1. The summed E-state index contributed by atoms with van der Waals surface area (Å²) >= 11 is 0. The predicted octanol–water partition coefficient (Wildman–Crippen LogP) is 3.09. The highest BCUT2D eigenvalue weighted by Gasteiger charge is 2.24. The number of nitrogens with zero attached hydrogens (tertiary/aromatic N) is 1. The van der Waals surface area contributed by atoms with Gasteiger partial charge in [0.25, 0.3) is 0 Å². The maximum atomic E-state index is 12.7. The van der Waals surface area contributed by atoms with Crippen LogP contribution in [0.4, 0.5) is 5.69 Å². The average Bonchev–Trinajstić information content (AvgIpc) is 2.36. The van der Waals surface area contributed by atoms with Gasteiger partial charge in [-0.15, -0.1) is 0 Å². The van der Waals surface area contributed by atoms with Crippen LogP contribution in [0, 0.1) is 0 Å². The van der Waals surface area contributed by atoms with Gasteiger partial charge in [-0.3, -0.25) is 9.88 Å². The lowest BCUT2D eigenvalue weighted by atomic mass is 10.2. The number of ether oxygens (including phenoxy) is 1. The number of hydrogen-bond donors (Lipinski definition) is 1. The van der Waals surface area contributed by atoms with E-state index in [1.54, 1.807) is 27.4 Å². The SMILES string of the molecule is CC(C)OC(=O)[C@H](C)NP(C)(=O)Cc1cccc(N(C)C)c1. The maximum absolute atomic E-state index is 12.7. The number of benzene rings is 1. The molecule has 1 unspecified atom stereocenters. The summed E-state index contributed by atoms with van der Waals surface area (Å²) in [4.78, 5) is 13.8. The monoisotopic (exact) mass is 326 g/mol. The molecule has 0 aliphatic carbocycles. The lowest BCUT2D eigenvalue weighted by molar-refractivity contribution is -0.148. The molecular weight excluding hydrogens is 299 g/mol. The molecule has 1 rings (SSSR count). The van der Waals surface area contributed by atoms with Crippen LogP contribution in [-0.2, 0) is 20.3 Å². The zero-order valence-corrected chi connectivity index (χ0v) is 15.2. The molecule has 0 saturated carbocycles. The van der Waals surface area contributed by atoms with Gasteiger partial charge in [0.1, 0.15) is 13.3 Å². The van der Waals surface area contributed by atoms with Crippen molar-refractivity contribution in [2.45, 2.75) is 39.1 Å². The molecular formula is C16H27N2O3P. The molecule has 0 fully saturated rings. The number of rotatable bonds is 7. The van der Waals surface area contributed by atoms with E-state index in [9.17, 15) is 9.36 Å². The molecule has 1 aromatic carbocycles. The molecule has 22 heavy (non-hydrogen) atoms. The molecule has 0 aliphatic heterocycles. The standard InChI is InChI=1S/C16H27N2O3P/c1-12(2)21-16(19)13(3)17-22(6,20)11-14-8-7-9-15(10-14)18(4)5/h7-10,12-13H,11H2,1-6H3,(H,17,20)/t13-,22?/m0/s1. The van der Waals surface area contributed by atoms with Crippen LogP contribution in [0.1, 0.15) is 26.3 Å². The highest BCUT2D eigenvalue weighted by Crippen LogP contribution is 2.41. The van der Waals surface area contributed by atoms with Gasteiger partial charge in [-0.25, -0.2) is 0 Å². The topological polar surface area (TPSA) is 58.6 Å². The number of carbonyl (C=O) groups excluding carboxylic acids is 1. The van der Waals surface area contributed by atoms with Gasteiger partial charge in [-0.1, -0.05) is 12.1 Å². The van der Waals surface area contributed by atoms with Crippen LogP contribution in [0.5, 0.6) is 0 Å². The number of hydrogen-bond acceptors (Lipinski definition) is 4. The zero-order chi connectivity index (χ0) is 16.9. The van der Waals surface area contributed by atoms with Crippen molar-refractivity contribution in [2.75, 3.05) is 25.7 Å². The lowest BCUT2D eigenvalue weighted by Gasteiger charge is -2.21. The Morgan fingerprint density at radius 1 is 1.32 bits per heavy atom. The molecule has 6 heteroatoms. The van der Waals surface area contributed by atoms with E-state index < -0.39 is 13.3 Å². The van der Waals surface area contributed by atoms with E-state index in [-0.39, 0.29) is 12.1 Å². The highest BCUT2D eigenvalue weighted by atomic mass is 31.2. The van der Waals surface area contributed by atoms with Gasteiger partial charge in [0, 0.05) is 32.6 Å². The van der Waals surface area contributed by atoms with E-state index in [2.05, 4.69) is 5.09 Å². The highest BCUT2D eigenvalue weighted by molar-refractivity contribution is 7.60. The normalized spacial score (nSPS) is 15.2. The molecule has 1 N–H and O–H groups in total. The molecule has 0 bridgehead atoms. The molecule has 0 amide bonds. The van der Waals surface area contributed by atoms with Crippen molar-refractivity contribution in [1.82, 2.24) is 5.09 Å². The van der Waals surface area contributed by atoms with Crippen LogP contribution in [0.25, 0.3) is 0 Å². The predicted molar refractivity (Wildman–Crippen MR) is 91.8 cm³/mol. The second kappa shape index (κ2) is 7.80. The first-order valence-electron chi connectivity index (χ1n) is 7.42. The third kappa shape index (κ3) is 6.20. The minimum atomic E-state index is -2.69. The number of carbonyl (C=O) groups is 1. The van der Waals surface area contributed by atoms with Gasteiger partial charge in [0.15, 0.2) is 0 Å². The Balaban J connectivity index is 2.73. The molecule has 0 heterocycles. The zero-order valence-electron chi connectivity index (χ0n) is 14.3. The molecule has 5 nitrogen and oxygen atoms in total. The third-order valence-electron chi connectivity index (χ3n) is 3.08. The Hall–Kier alpha value is -1.32. The van der Waals surface area contributed by atoms with Gasteiger partial charge in [0.05, 0.1) is 6.10 Å². The lowest BCUT2D eigenvalue weighted by Crippen LogP contribution is -2.34. The average molecular weight is 326 g/mol. The molecule has 0 radical (unpaired) electrons. The van der Waals surface area contributed by atoms with E-state index in [1.807, 2.05) is 43.3 Å². The van der Waals surface area contributed by atoms with Crippen LogP contribution in [-0.4, -0.2) is 38.9 Å². The summed E-state index contributed by atoms with van der Waals surface area (Å²) in [5.74, 6) is -0.376. The van der Waals surface area contributed by atoms with Gasteiger partial charge in [0.2, 0.25) is 0 Å². The first-order chi connectivity index (χ1) is 10.1. The summed E-state index contributed by atoms with van der Waals surface area (Å²) in [5, 5.41) is 2.93. The first kappa shape index (κ1) is 18.7. The van der Waals surface area contributed by atoms with E-state index in [0.29, 0.717) is 6.16 Å². The Kier molecular flexibility index (Phi) is 6.64. The summed E-state index contributed by atoms with van der Waals surface area (Å²) in [7, 11) is 1.24. The van der Waals surface area contributed by atoms with Crippen molar-refractivity contribution in [3.05, 3.63) is 29.8 Å². The fourth-order valence-electron chi connectivity index (χ4n) is 2.12. The molecule has 0 spiro atoms. The van der Waals surface area contributed by atoms with E-state index in [4.69, 9.17) is 4.74 Å². The van der Waals surface area contributed by atoms with Crippen molar-refractivity contribution in [3.8, 4) is 0 Å². The quantitative estimate of drug-likeness (QED) is 0.616. The second-order valence-electron chi connectivity index (χ2n) is 6.16. The van der Waals surface area contributed by atoms with Gasteiger partial charge >= 0.3 is 5.97 Å². The summed E-state index contributed by atoms with van der Waals surface area (Å²) in [5.41, 5.74) is 2.04. The third-order valence-corrected chi connectivity index (χ3v) is 4.99. The first-order valence-corrected chi connectivity index (χ1v) is 9.76. The molecule has 0 aliphatic rings. The number of nitrogens with one attached hydrogen (secondary N) is 1. The fraction of sp³-hybridized carbons (Fsp3) is 0.562. The molecule has 1 aromatic rings. The van der Waals surface area contributed by atoms with E-state index in [1.165, 1.54) is 0 Å².